The van der Waals surface area contributed by atoms with Gasteiger partial charge in [0.05, 0.1) is 19.3 Å². The van der Waals surface area contributed by atoms with Crippen molar-refractivity contribution in [1.29, 1.82) is 0 Å². The van der Waals surface area contributed by atoms with Gasteiger partial charge in [0, 0.05) is 25.2 Å². The summed E-state index contributed by atoms with van der Waals surface area (Å²) in [5, 5.41) is 0. The summed E-state index contributed by atoms with van der Waals surface area (Å²) in [7, 11) is 0. The van der Waals surface area contributed by atoms with Crippen molar-refractivity contribution in [2.24, 2.45) is 0 Å². The molecule has 0 bridgehead atoms. The third-order valence-electron chi connectivity index (χ3n) is 4.25. The largest absolute Gasteiger partial charge is 0.370 e. The number of hydrogen-bond donors (Lipinski definition) is 0. The van der Waals surface area contributed by atoms with Crippen LogP contribution in [0.5, 0.6) is 0 Å². The fourth-order valence-electron chi connectivity index (χ4n) is 2.76. The highest BCUT2D eigenvalue weighted by molar-refractivity contribution is 5.79. The average Bonchev–Trinajstić information content (AvgIpc) is 2.66. The third kappa shape index (κ3) is 5.01. The summed E-state index contributed by atoms with van der Waals surface area (Å²) in [5.74, 6) is -0.0904. The van der Waals surface area contributed by atoms with Gasteiger partial charge in [0.1, 0.15) is 5.82 Å². The van der Waals surface area contributed by atoms with Gasteiger partial charge in [0.25, 0.3) is 0 Å². The molecule has 1 fully saturated rings. The molecule has 1 saturated heterocycles. The fraction of sp³-hybridized carbons (Fsp3) is 0.611. The van der Waals surface area contributed by atoms with Crippen LogP contribution in [0.1, 0.15) is 33.3 Å². The molecule has 1 heterocycles. The van der Waals surface area contributed by atoms with Crippen molar-refractivity contribution in [3.8, 4) is 0 Å². The Morgan fingerprint density at radius 3 is 2.35 bits per heavy atom. The van der Waals surface area contributed by atoms with Gasteiger partial charge in [-0.05, 0) is 45.4 Å². The molecule has 1 atom stereocenters. The van der Waals surface area contributed by atoms with Crippen LogP contribution in [-0.4, -0.2) is 53.5 Å². The first-order chi connectivity index (χ1) is 10.9. The van der Waals surface area contributed by atoms with E-state index < -0.39 is 0 Å². The Morgan fingerprint density at radius 2 is 1.78 bits per heavy atom. The molecule has 0 aliphatic carbocycles. The van der Waals surface area contributed by atoms with Crippen molar-refractivity contribution in [3.63, 3.8) is 0 Å². The van der Waals surface area contributed by atoms with Crippen LogP contribution < -0.4 is 0 Å². The van der Waals surface area contributed by atoms with E-state index in [1.54, 1.807) is 12.1 Å². The van der Waals surface area contributed by atoms with E-state index in [0.29, 0.717) is 25.7 Å². The average molecular weight is 322 g/mol. The first kappa shape index (κ1) is 17.9. The predicted molar refractivity (Wildman–Crippen MR) is 88.5 cm³/mol. The van der Waals surface area contributed by atoms with Crippen LogP contribution >= 0.6 is 0 Å². The van der Waals surface area contributed by atoms with E-state index in [2.05, 4.69) is 18.7 Å². The van der Waals surface area contributed by atoms with Crippen LogP contribution in [0.15, 0.2) is 24.3 Å². The van der Waals surface area contributed by atoms with Gasteiger partial charge in [-0.15, -0.1) is 0 Å². The lowest BCUT2D eigenvalue weighted by atomic mass is 10.2. The Bertz CT molecular complexity index is 516. The Hall–Kier alpha value is -1.46. The van der Waals surface area contributed by atoms with Gasteiger partial charge in [0.2, 0.25) is 5.91 Å². The number of amides is 1. The van der Waals surface area contributed by atoms with Crippen molar-refractivity contribution < 1.29 is 13.9 Å². The molecule has 5 heteroatoms. The predicted octanol–water partition coefficient (Wildman–Crippen LogP) is 2.67. The van der Waals surface area contributed by atoms with Crippen molar-refractivity contribution in [2.75, 3.05) is 19.6 Å². The fourth-order valence-corrected chi connectivity index (χ4v) is 2.76. The minimum absolute atomic E-state index is 0.0451. The van der Waals surface area contributed by atoms with E-state index in [1.807, 2.05) is 18.7 Å². The molecule has 0 spiro atoms. The number of ether oxygens (including phenoxy) is 1. The molecule has 1 unspecified atom stereocenters. The quantitative estimate of drug-likeness (QED) is 0.835. The molecular weight excluding hydrogens is 295 g/mol. The van der Waals surface area contributed by atoms with E-state index in [-0.39, 0.29) is 23.9 Å². The number of halogens is 1. The number of hydrogen-bond acceptors (Lipinski definition) is 3. The van der Waals surface area contributed by atoms with Crippen LogP contribution in [0.25, 0.3) is 0 Å². The van der Waals surface area contributed by atoms with Crippen LogP contribution in [0.3, 0.4) is 0 Å². The molecule has 1 amide bonds. The second-order valence-electron chi connectivity index (χ2n) is 6.72. The van der Waals surface area contributed by atoms with Crippen molar-refractivity contribution in [1.82, 2.24) is 9.80 Å². The Labute approximate surface area is 138 Å². The van der Waals surface area contributed by atoms with Gasteiger partial charge in [-0.2, -0.15) is 0 Å². The zero-order valence-electron chi connectivity index (χ0n) is 14.5. The summed E-state index contributed by atoms with van der Waals surface area (Å²) < 4.78 is 19.0. The van der Waals surface area contributed by atoms with Gasteiger partial charge in [0.15, 0.2) is 0 Å². The molecule has 0 saturated carbocycles. The molecule has 0 aromatic heterocycles. The molecule has 1 aromatic carbocycles. The highest BCUT2D eigenvalue weighted by Gasteiger charge is 2.30. The summed E-state index contributed by atoms with van der Waals surface area (Å²) in [6.45, 7) is 10.4. The molecule has 1 aliphatic rings. The Kier molecular flexibility index (Phi) is 6.13. The summed E-state index contributed by atoms with van der Waals surface area (Å²) in [6.07, 6.45) is -0.0451. The summed E-state index contributed by atoms with van der Waals surface area (Å²) >= 11 is 0. The summed E-state index contributed by atoms with van der Waals surface area (Å²) in [6, 6.07) is 6.80. The van der Waals surface area contributed by atoms with Gasteiger partial charge in [-0.25, -0.2) is 4.39 Å². The lowest BCUT2D eigenvalue weighted by molar-refractivity contribution is -0.133. The van der Waals surface area contributed by atoms with Crippen LogP contribution in [0.2, 0.25) is 0 Å². The Morgan fingerprint density at radius 1 is 1.13 bits per heavy atom. The van der Waals surface area contributed by atoms with E-state index >= 15 is 0 Å². The van der Waals surface area contributed by atoms with Gasteiger partial charge >= 0.3 is 0 Å². The maximum absolute atomic E-state index is 13.0. The molecule has 0 N–H and O–H groups in total. The number of carbonyl (C=O) groups excluding carboxylic acids is 1. The second kappa shape index (κ2) is 7.88. The number of carbonyl (C=O) groups is 1. The third-order valence-corrected chi connectivity index (χ3v) is 4.25. The Balaban J connectivity index is 2.04. The normalized spacial score (nSPS) is 20.4. The van der Waals surface area contributed by atoms with Gasteiger partial charge in [-0.3, -0.25) is 9.69 Å². The minimum atomic E-state index is -0.245. The molecule has 23 heavy (non-hydrogen) atoms. The summed E-state index contributed by atoms with van der Waals surface area (Å²) in [5.41, 5.74) is 0.939. The standard InChI is InChI=1S/C18H27FN2O2/c1-13(2)20-9-17(10-21(14(3)4)18(22)11-20)23-12-15-5-7-16(19)8-6-15/h5-8,13-14,17H,9-12H2,1-4H3. The monoisotopic (exact) mass is 322 g/mol. The number of benzene rings is 1. The smallest absolute Gasteiger partial charge is 0.237 e. The number of rotatable bonds is 5. The lowest BCUT2D eigenvalue weighted by Gasteiger charge is -2.28. The first-order valence-electron chi connectivity index (χ1n) is 8.26. The molecule has 4 nitrogen and oxygen atoms in total. The van der Waals surface area contributed by atoms with Crippen molar-refractivity contribution in [2.45, 2.75) is 52.5 Å². The van der Waals surface area contributed by atoms with Crippen molar-refractivity contribution in [3.05, 3.63) is 35.6 Å². The zero-order chi connectivity index (χ0) is 17.0. The topological polar surface area (TPSA) is 32.8 Å². The highest BCUT2D eigenvalue weighted by Crippen LogP contribution is 2.15. The minimum Gasteiger partial charge on any atom is -0.370 e. The lowest BCUT2D eigenvalue weighted by Crippen LogP contribution is -2.42. The maximum atomic E-state index is 13.0. The highest BCUT2D eigenvalue weighted by atomic mass is 19.1. The number of nitrogens with zero attached hydrogens (tertiary/aromatic N) is 2. The van der Waals surface area contributed by atoms with Crippen LogP contribution in [0.4, 0.5) is 4.39 Å². The zero-order valence-corrected chi connectivity index (χ0v) is 14.5. The summed E-state index contributed by atoms with van der Waals surface area (Å²) in [4.78, 5) is 16.5. The van der Waals surface area contributed by atoms with E-state index in [0.717, 1.165) is 12.1 Å². The molecule has 1 aliphatic heterocycles. The molecule has 128 valence electrons. The van der Waals surface area contributed by atoms with Crippen LogP contribution in [0, 0.1) is 5.82 Å². The van der Waals surface area contributed by atoms with Crippen LogP contribution in [-0.2, 0) is 16.1 Å². The first-order valence-corrected chi connectivity index (χ1v) is 8.26. The maximum Gasteiger partial charge on any atom is 0.237 e. The molecule has 1 aromatic rings. The van der Waals surface area contributed by atoms with Gasteiger partial charge < -0.3 is 9.64 Å². The molecule has 2 rings (SSSR count). The van der Waals surface area contributed by atoms with E-state index in [1.165, 1.54) is 12.1 Å². The van der Waals surface area contributed by atoms with Crippen molar-refractivity contribution >= 4 is 5.91 Å². The molecule has 0 radical (unpaired) electrons. The van der Waals surface area contributed by atoms with E-state index in [9.17, 15) is 9.18 Å². The van der Waals surface area contributed by atoms with Gasteiger partial charge in [-0.1, -0.05) is 12.1 Å². The molecular formula is C18H27FN2O2. The SMILES string of the molecule is CC(C)N1CC(=O)N(C(C)C)CC(OCc2ccc(F)cc2)C1. The van der Waals surface area contributed by atoms with E-state index in [4.69, 9.17) is 4.74 Å². The second-order valence-corrected chi connectivity index (χ2v) is 6.72.